The molecule has 3 aromatic carbocycles. The maximum Gasteiger partial charge on any atom is 0.251 e. The predicted octanol–water partition coefficient (Wildman–Crippen LogP) is 5.40. The monoisotopic (exact) mass is 391 g/mol. The molecule has 0 fully saturated rings. The van der Waals surface area contributed by atoms with Crippen molar-refractivity contribution in [2.24, 2.45) is 0 Å². The first-order chi connectivity index (χ1) is 13.6. The average molecular weight is 392 g/mol. The molecule has 0 unspecified atom stereocenters. The van der Waals surface area contributed by atoms with E-state index >= 15 is 0 Å². The quantitative estimate of drug-likeness (QED) is 0.412. The molecule has 144 valence electrons. The van der Waals surface area contributed by atoms with Gasteiger partial charge in [-0.2, -0.15) is 0 Å². The van der Waals surface area contributed by atoms with Crippen LogP contribution in [0.1, 0.15) is 27.0 Å². The van der Waals surface area contributed by atoms with Crippen molar-refractivity contribution in [3.63, 3.8) is 0 Å². The van der Waals surface area contributed by atoms with Crippen molar-refractivity contribution < 1.29 is 9.53 Å². The molecule has 4 heteroatoms. The summed E-state index contributed by atoms with van der Waals surface area (Å²) in [6, 6.07) is 24.1. The molecule has 0 aliphatic rings. The molecule has 1 N–H and O–H groups in total. The predicted molar refractivity (Wildman–Crippen MR) is 116 cm³/mol. The molecular weight excluding hydrogens is 366 g/mol. The van der Waals surface area contributed by atoms with Gasteiger partial charge in [0.05, 0.1) is 6.54 Å². The summed E-state index contributed by atoms with van der Waals surface area (Å²) in [5.74, 6) is 1.64. The molecule has 0 spiro atoms. The van der Waals surface area contributed by atoms with Crippen LogP contribution in [0.15, 0.2) is 77.7 Å². The molecule has 0 heterocycles. The van der Waals surface area contributed by atoms with Gasteiger partial charge in [0.2, 0.25) is 0 Å². The van der Waals surface area contributed by atoms with Crippen LogP contribution in [0.25, 0.3) is 0 Å². The summed E-state index contributed by atoms with van der Waals surface area (Å²) in [7, 11) is 0. The number of rotatable bonds is 8. The fraction of sp³-hybridized carbons (Fsp3) is 0.208. The third-order valence-corrected chi connectivity index (χ3v) is 5.58. The van der Waals surface area contributed by atoms with Crippen LogP contribution in [-0.2, 0) is 5.75 Å². The first-order valence-electron chi connectivity index (χ1n) is 9.37. The van der Waals surface area contributed by atoms with Gasteiger partial charge in [-0.05, 0) is 66.9 Å². The van der Waals surface area contributed by atoms with E-state index in [1.165, 1.54) is 21.6 Å². The summed E-state index contributed by atoms with van der Waals surface area (Å²) < 4.78 is 5.70. The number of ether oxygens (including phenoxy) is 1. The van der Waals surface area contributed by atoms with Crippen LogP contribution in [0.5, 0.6) is 5.75 Å². The molecule has 0 radical (unpaired) electrons. The number of hydrogen-bond donors (Lipinski definition) is 1. The Hall–Kier alpha value is -2.72. The van der Waals surface area contributed by atoms with Crippen LogP contribution < -0.4 is 10.1 Å². The van der Waals surface area contributed by atoms with E-state index in [2.05, 4.69) is 31.3 Å². The van der Waals surface area contributed by atoms with Gasteiger partial charge in [0, 0.05) is 16.2 Å². The molecule has 0 saturated carbocycles. The van der Waals surface area contributed by atoms with Gasteiger partial charge >= 0.3 is 0 Å². The first kappa shape index (κ1) is 20.0. The molecule has 0 aliphatic heterocycles. The van der Waals surface area contributed by atoms with Gasteiger partial charge in [-0.3, -0.25) is 4.79 Å². The zero-order valence-electron chi connectivity index (χ0n) is 16.3. The molecule has 0 aromatic heterocycles. The Kier molecular flexibility index (Phi) is 7.15. The molecule has 1 amide bonds. The van der Waals surface area contributed by atoms with Crippen molar-refractivity contribution in [3.8, 4) is 5.75 Å². The minimum Gasteiger partial charge on any atom is -0.492 e. The first-order valence-corrected chi connectivity index (χ1v) is 10.4. The summed E-state index contributed by atoms with van der Waals surface area (Å²) in [4.78, 5) is 13.5. The van der Waals surface area contributed by atoms with Crippen molar-refractivity contribution in [1.29, 1.82) is 0 Å². The van der Waals surface area contributed by atoms with Crippen molar-refractivity contribution in [3.05, 3.63) is 95.1 Å². The van der Waals surface area contributed by atoms with E-state index in [0.29, 0.717) is 18.7 Å². The average Bonchev–Trinajstić information content (AvgIpc) is 2.73. The van der Waals surface area contributed by atoms with Gasteiger partial charge in [-0.15, -0.1) is 11.8 Å². The Morgan fingerprint density at radius 2 is 1.68 bits per heavy atom. The third-order valence-electron chi connectivity index (χ3n) is 4.50. The Morgan fingerprint density at radius 3 is 2.39 bits per heavy atom. The van der Waals surface area contributed by atoms with Gasteiger partial charge in [0.25, 0.3) is 5.91 Å². The van der Waals surface area contributed by atoms with E-state index in [1.807, 2.05) is 60.7 Å². The second kappa shape index (κ2) is 10.00. The highest BCUT2D eigenvalue weighted by atomic mass is 32.2. The molecule has 0 bridgehead atoms. The minimum atomic E-state index is -0.0778. The summed E-state index contributed by atoms with van der Waals surface area (Å²) in [6.45, 7) is 5.05. The number of nitrogens with one attached hydrogen (secondary N) is 1. The van der Waals surface area contributed by atoms with Crippen LogP contribution in [0, 0.1) is 13.8 Å². The SMILES string of the molecule is Cc1ccc(OCCNC(=O)c2ccc(CSc3ccccc3)cc2)cc1C. The van der Waals surface area contributed by atoms with Crippen molar-refractivity contribution in [2.45, 2.75) is 24.5 Å². The molecule has 3 rings (SSSR count). The second-order valence-corrected chi connectivity index (χ2v) is 7.70. The number of carbonyl (C=O) groups excluding carboxylic acids is 1. The Balaban J connectivity index is 1.42. The lowest BCUT2D eigenvalue weighted by Gasteiger charge is -2.10. The summed E-state index contributed by atoms with van der Waals surface area (Å²) in [6.07, 6.45) is 0. The Bertz CT molecular complexity index is 908. The lowest BCUT2D eigenvalue weighted by molar-refractivity contribution is 0.0947. The lowest BCUT2D eigenvalue weighted by atomic mass is 10.1. The Labute approximate surface area is 171 Å². The van der Waals surface area contributed by atoms with E-state index in [-0.39, 0.29) is 5.91 Å². The number of hydrogen-bond acceptors (Lipinski definition) is 3. The number of amides is 1. The normalized spacial score (nSPS) is 10.5. The van der Waals surface area contributed by atoms with Crippen LogP contribution in [0.3, 0.4) is 0 Å². The fourth-order valence-corrected chi connectivity index (χ4v) is 3.55. The molecule has 0 aliphatic carbocycles. The van der Waals surface area contributed by atoms with Gasteiger partial charge in [0.1, 0.15) is 12.4 Å². The van der Waals surface area contributed by atoms with Gasteiger partial charge in [-0.1, -0.05) is 36.4 Å². The molecule has 0 saturated heterocycles. The fourth-order valence-electron chi connectivity index (χ4n) is 2.67. The number of thioether (sulfide) groups is 1. The summed E-state index contributed by atoms with van der Waals surface area (Å²) >= 11 is 1.79. The molecule has 0 atom stereocenters. The zero-order chi connectivity index (χ0) is 19.8. The summed E-state index contributed by atoms with van der Waals surface area (Å²) in [5, 5.41) is 2.90. The third kappa shape index (κ3) is 5.89. The van der Waals surface area contributed by atoms with Gasteiger partial charge in [-0.25, -0.2) is 0 Å². The number of aryl methyl sites for hydroxylation is 2. The topological polar surface area (TPSA) is 38.3 Å². The zero-order valence-corrected chi connectivity index (χ0v) is 17.1. The smallest absolute Gasteiger partial charge is 0.251 e. The van der Waals surface area contributed by atoms with E-state index in [9.17, 15) is 4.79 Å². The van der Waals surface area contributed by atoms with E-state index in [0.717, 1.165) is 11.5 Å². The highest BCUT2D eigenvalue weighted by Gasteiger charge is 2.05. The molecular formula is C24H25NO2S. The number of carbonyl (C=O) groups is 1. The minimum absolute atomic E-state index is 0.0778. The van der Waals surface area contributed by atoms with E-state index < -0.39 is 0 Å². The second-order valence-electron chi connectivity index (χ2n) is 6.65. The largest absolute Gasteiger partial charge is 0.492 e. The molecule has 3 aromatic rings. The molecule has 3 nitrogen and oxygen atoms in total. The van der Waals surface area contributed by atoms with Crippen molar-refractivity contribution >= 4 is 17.7 Å². The van der Waals surface area contributed by atoms with Crippen LogP contribution in [0.4, 0.5) is 0 Å². The lowest BCUT2D eigenvalue weighted by Crippen LogP contribution is -2.28. The van der Waals surface area contributed by atoms with Crippen molar-refractivity contribution in [1.82, 2.24) is 5.32 Å². The summed E-state index contributed by atoms with van der Waals surface area (Å²) in [5.41, 5.74) is 4.31. The van der Waals surface area contributed by atoms with Gasteiger partial charge < -0.3 is 10.1 Å². The van der Waals surface area contributed by atoms with Gasteiger partial charge in [0.15, 0.2) is 0 Å². The standard InChI is InChI=1S/C24H25NO2S/c1-18-8-13-22(16-19(18)2)27-15-14-25-24(26)21-11-9-20(10-12-21)17-28-23-6-4-3-5-7-23/h3-13,16H,14-15,17H2,1-2H3,(H,25,26). The Morgan fingerprint density at radius 1 is 0.929 bits per heavy atom. The maximum atomic E-state index is 12.3. The van der Waals surface area contributed by atoms with E-state index in [4.69, 9.17) is 4.74 Å². The van der Waals surface area contributed by atoms with E-state index in [1.54, 1.807) is 11.8 Å². The highest BCUT2D eigenvalue weighted by molar-refractivity contribution is 7.98. The maximum absolute atomic E-state index is 12.3. The van der Waals surface area contributed by atoms with Crippen LogP contribution >= 0.6 is 11.8 Å². The van der Waals surface area contributed by atoms with Crippen LogP contribution in [-0.4, -0.2) is 19.1 Å². The number of benzene rings is 3. The molecule has 28 heavy (non-hydrogen) atoms. The highest BCUT2D eigenvalue weighted by Crippen LogP contribution is 2.22. The van der Waals surface area contributed by atoms with Crippen LogP contribution in [0.2, 0.25) is 0 Å². The van der Waals surface area contributed by atoms with Crippen molar-refractivity contribution in [2.75, 3.05) is 13.2 Å².